The van der Waals surface area contributed by atoms with Crippen molar-refractivity contribution in [1.82, 2.24) is 4.90 Å². The maximum Gasteiger partial charge on any atom is 0.244 e. The highest BCUT2D eigenvalue weighted by molar-refractivity contribution is 7.18. The van der Waals surface area contributed by atoms with E-state index in [9.17, 15) is 9.50 Å². The van der Waals surface area contributed by atoms with Gasteiger partial charge in [-0.25, -0.2) is 9.38 Å². The first kappa shape index (κ1) is 23.7. The summed E-state index contributed by atoms with van der Waals surface area (Å²) in [4.78, 5) is 6.82. The molecule has 0 bridgehead atoms. The predicted molar refractivity (Wildman–Crippen MR) is 129 cm³/mol. The Labute approximate surface area is 191 Å². The Bertz CT molecular complexity index is 876. The molecule has 30 heavy (non-hydrogen) atoms. The topological polar surface area (TPSA) is 35.8 Å². The van der Waals surface area contributed by atoms with Crippen LogP contribution in [0.1, 0.15) is 57.9 Å². The number of hydrogen-bond acceptors (Lipinski definition) is 3. The van der Waals surface area contributed by atoms with Gasteiger partial charge in [0.1, 0.15) is 5.82 Å². The molecule has 2 atom stereocenters. The fourth-order valence-electron chi connectivity index (χ4n) is 4.52. The van der Waals surface area contributed by atoms with Crippen LogP contribution in [0.25, 0.3) is 5.57 Å². The third kappa shape index (κ3) is 5.10. The number of benzene rings is 1. The smallest absolute Gasteiger partial charge is 0.244 e. The zero-order valence-corrected chi connectivity index (χ0v) is 20.3. The fourth-order valence-corrected chi connectivity index (χ4v) is 5.07. The molecular formula is C23H30Cl2FN2OP. The average Bonchev–Trinajstić information content (AvgIpc) is 3.15. The molecule has 2 aliphatic rings. The molecule has 1 aromatic rings. The van der Waals surface area contributed by atoms with Gasteiger partial charge < -0.3 is 10.0 Å². The molecule has 1 saturated heterocycles. The molecule has 2 unspecified atom stereocenters. The molecule has 0 amide bonds. The van der Waals surface area contributed by atoms with E-state index in [4.69, 9.17) is 28.2 Å². The van der Waals surface area contributed by atoms with Gasteiger partial charge in [0.05, 0.1) is 10.0 Å². The summed E-state index contributed by atoms with van der Waals surface area (Å²) in [7, 11) is 1.86. The summed E-state index contributed by atoms with van der Waals surface area (Å²) >= 11 is 12.5. The number of alkyl halides is 1. The molecule has 3 rings (SSSR count). The van der Waals surface area contributed by atoms with Crippen LogP contribution in [-0.4, -0.2) is 34.4 Å². The first-order chi connectivity index (χ1) is 14.0. The van der Waals surface area contributed by atoms with Crippen molar-refractivity contribution >= 4 is 43.7 Å². The predicted octanol–water partition coefficient (Wildman–Crippen LogP) is 6.85. The Morgan fingerprint density at radius 2 is 1.80 bits per heavy atom. The van der Waals surface area contributed by atoms with E-state index in [1.54, 1.807) is 19.1 Å². The second-order valence-electron chi connectivity index (χ2n) is 8.59. The van der Waals surface area contributed by atoms with Crippen LogP contribution in [0.5, 0.6) is 0 Å². The van der Waals surface area contributed by atoms with E-state index in [0.29, 0.717) is 38.1 Å². The van der Waals surface area contributed by atoms with E-state index in [2.05, 4.69) is 11.5 Å². The number of rotatable bonds is 5. The Morgan fingerprint density at radius 3 is 2.37 bits per heavy atom. The van der Waals surface area contributed by atoms with E-state index in [-0.39, 0.29) is 5.57 Å². The normalized spacial score (nSPS) is 22.1. The van der Waals surface area contributed by atoms with Gasteiger partial charge >= 0.3 is 0 Å². The van der Waals surface area contributed by atoms with Crippen molar-refractivity contribution in [2.75, 3.05) is 13.1 Å². The first-order valence-electron chi connectivity index (χ1n) is 10.4. The van der Waals surface area contributed by atoms with Crippen LogP contribution < -0.4 is 0 Å². The second-order valence-corrected chi connectivity index (χ2v) is 10.1. The van der Waals surface area contributed by atoms with Gasteiger partial charge in [-0.1, -0.05) is 64.0 Å². The molecular weight excluding hydrogens is 441 g/mol. The molecule has 1 heterocycles. The van der Waals surface area contributed by atoms with Crippen LogP contribution in [0.4, 0.5) is 4.39 Å². The molecule has 1 N–H and O–H groups in total. The lowest BCUT2D eigenvalue weighted by Crippen LogP contribution is -2.39. The molecule has 7 heteroatoms. The Hall–Kier alpha value is -0.930. The summed E-state index contributed by atoms with van der Waals surface area (Å²) in [5.74, 6) is 0.458. The van der Waals surface area contributed by atoms with Gasteiger partial charge in [0.2, 0.25) is 5.60 Å². The Kier molecular flexibility index (Phi) is 7.34. The van der Waals surface area contributed by atoms with Gasteiger partial charge in [0, 0.05) is 29.9 Å². The number of piperidine rings is 1. The number of likely N-dealkylation sites (tertiary alicyclic amines) is 1. The number of hydrogen-bond donors (Lipinski definition) is 1. The van der Waals surface area contributed by atoms with Gasteiger partial charge in [-0.3, -0.25) is 0 Å². The highest BCUT2D eigenvalue weighted by Crippen LogP contribution is 2.47. The van der Waals surface area contributed by atoms with Crippen molar-refractivity contribution in [3.63, 3.8) is 0 Å². The quantitative estimate of drug-likeness (QED) is 0.377. The third-order valence-corrected chi connectivity index (χ3v) is 7.89. The van der Waals surface area contributed by atoms with E-state index in [1.165, 1.54) is 25.7 Å². The van der Waals surface area contributed by atoms with E-state index in [0.717, 1.165) is 25.9 Å². The van der Waals surface area contributed by atoms with Gasteiger partial charge in [0.25, 0.3) is 0 Å². The van der Waals surface area contributed by atoms with E-state index in [1.807, 2.05) is 22.2 Å². The minimum atomic E-state index is -2.53. The lowest BCUT2D eigenvalue weighted by molar-refractivity contribution is 0.0334. The summed E-state index contributed by atoms with van der Waals surface area (Å²) in [6.45, 7) is 9.12. The summed E-state index contributed by atoms with van der Waals surface area (Å²) in [6, 6.07) is 5.35. The van der Waals surface area contributed by atoms with Crippen molar-refractivity contribution < 1.29 is 9.50 Å². The minimum Gasteiger partial charge on any atom is -0.356 e. The van der Waals surface area contributed by atoms with Gasteiger partial charge in [-0.15, -0.1) is 0 Å². The standard InChI is InChI=1S/C23H30Cl2FN2OP/c1-15(18-7-6-8-19(24)20(18)25)17(3)27-21(16(2)23(26,29)30)28-13-11-22(12-14-28)9-4-5-10-22/h6-8,29H,1,4-5,9-14,30H2,2-3H3/b21-16-,27-17-. The monoisotopic (exact) mass is 470 g/mol. The average molecular weight is 471 g/mol. The third-order valence-electron chi connectivity index (χ3n) is 6.64. The second kappa shape index (κ2) is 9.28. The molecule has 1 aliphatic heterocycles. The Morgan fingerprint density at radius 1 is 1.20 bits per heavy atom. The lowest BCUT2D eigenvalue weighted by atomic mass is 9.77. The first-order valence-corrected chi connectivity index (χ1v) is 11.7. The van der Waals surface area contributed by atoms with Crippen LogP contribution in [0.2, 0.25) is 10.0 Å². The summed E-state index contributed by atoms with van der Waals surface area (Å²) < 4.78 is 14.5. The van der Waals surface area contributed by atoms with Crippen molar-refractivity contribution in [1.29, 1.82) is 0 Å². The van der Waals surface area contributed by atoms with E-state index < -0.39 is 5.60 Å². The molecule has 1 spiro atoms. The molecule has 2 fully saturated rings. The van der Waals surface area contributed by atoms with Crippen molar-refractivity contribution in [2.24, 2.45) is 10.4 Å². The molecule has 0 radical (unpaired) electrons. The van der Waals surface area contributed by atoms with Crippen LogP contribution >= 0.6 is 32.4 Å². The largest absolute Gasteiger partial charge is 0.356 e. The van der Waals surface area contributed by atoms with E-state index >= 15 is 0 Å². The maximum absolute atomic E-state index is 14.5. The maximum atomic E-state index is 14.5. The van der Waals surface area contributed by atoms with Crippen LogP contribution in [-0.2, 0) is 0 Å². The molecule has 0 aromatic heterocycles. The number of aliphatic imine (C=N–C) groups is 1. The van der Waals surface area contributed by atoms with Crippen molar-refractivity contribution in [2.45, 2.75) is 58.0 Å². The lowest BCUT2D eigenvalue weighted by Gasteiger charge is -2.41. The molecule has 164 valence electrons. The molecule has 3 nitrogen and oxygen atoms in total. The number of aliphatic hydroxyl groups is 1. The Balaban J connectivity index is 1.91. The number of allylic oxidation sites excluding steroid dienone is 1. The summed E-state index contributed by atoms with van der Waals surface area (Å²) in [6.07, 6.45) is 7.30. The molecule has 1 saturated carbocycles. The summed E-state index contributed by atoms with van der Waals surface area (Å²) in [5, 5.41) is 10.9. The molecule has 1 aromatic carbocycles. The minimum absolute atomic E-state index is 0.166. The van der Waals surface area contributed by atoms with Crippen molar-refractivity contribution in [3.05, 3.63) is 51.8 Å². The van der Waals surface area contributed by atoms with Gasteiger partial charge in [-0.05, 0) is 56.6 Å². The highest BCUT2D eigenvalue weighted by atomic mass is 35.5. The van der Waals surface area contributed by atoms with Crippen LogP contribution in [0, 0.1) is 5.41 Å². The zero-order chi connectivity index (χ0) is 22.1. The zero-order valence-electron chi connectivity index (χ0n) is 17.6. The van der Waals surface area contributed by atoms with Gasteiger partial charge in [0.15, 0.2) is 0 Å². The van der Waals surface area contributed by atoms with Gasteiger partial charge in [-0.2, -0.15) is 0 Å². The summed E-state index contributed by atoms with van der Waals surface area (Å²) in [5.41, 5.74) is -0.0331. The SMILES string of the molecule is C=C(/C(C)=N\C(=C(/C)C(O)(F)P)N1CCC2(CCCC2)CC1)c1cccc(Cl)c1Cl. The highest BCUT2D eigenvalue weighted by Gasteiger charge is 2.38. The van der Waals surface area contributed by atoms with Crippen LogP contribution in [0.3, 0.4) is 0 Å². The number of halogens is 3. The van der Waals surface area contributed by atoms with Crippen LogP contribution in [0.15, 0.2) is 41.2 Å². The van der Waals surface area contributed by atoms with Crippen molar-refractivity contribution in [3.8, 4) is 0 Å². The number of nitrogens with zero attached hydrogens (tertiary/aromatic N) is 2. The fraction of sp³-hybridized carbons (Fsp3) is 0.522. The molecule has 1 aliphatic carbocycles.